The molecule has 116 valence electrons. The third-order valence-electron chi connectivity index (χ3n) is 3.74. The molecular formula is C14H12N6O2S. The fourth-order valence-corrected chi connectivity index (χ4v) is 3.61. The van der Waals surface area contributed by atoms with Crippen molar-refractivity contribution < 1.29 is 9.90 Å². The van der Waals surface area contributed by atoms with Crippen LogP contribution in [0.4, 0.5) is 0 Å². The number of carboxylic acid groups (broad SMARTS) is 1. The molecule has 1 aliphatic carbocycles. The van der Waals surface area contributed by atoms with Gasteiger partial charge in [0.1, 0.15) is 12.6 Å². The zero-order chi connectivity index (χ0) is 16.0. The first-order chi connectivity index (χ1) is 11.1. The van der Waals surface area contributed by atoms with Gasteiger partial charge in [0.15, 0.2) is 5.69 Å². The lowest BCUT2D eigenvalue weighted by Gasteiger charge is -1.97. The standard InChI is InChI=1S/C14H12N6O2S/c15-4-10-14-12(20(17-10)7-13(21)22)3-9(23-14)5-19-6-11(16-18-19)8-1-2-8/h3,6,8H,1-2,5,7H2,(H,21,22). The predicted molar refractivity (Wildman–Crippen MR) is 81.1 cm³/mol. The van der Waals surface area contributed by atoms with E-state index in [0.717, 1.165) is 10.6 Å². The van der Waals surface area contributed by atoms with Gasteiger partial charge < -0.3 is 5.11 Å². The molecule has 0 saturated heterocycles. The minimum atomic E-state index is -0.989. The van der Waals surface area contributed by atoms with Crippen LogP contribution >= 0.6 is 11.3 Å². The Bertz CT molecular complexity index is 942. The molecule has 0 radical (unpaired) electrons. The Kier molecular flexibility index (Phi) is 3.12. The van der Waals surface area contributed by atoms with Gasteiger partial charge in [-0.15, -0.1) is 16.4 Å². The van der Waals surface area contributed by atoms with E-state index in [-0.39, 0.29) is 12.2 Å². The third kappa shape index (κ3) is 2.57. The van der Waals surface area contributed by atoms with Crippen molar-refractivity contribution >= 4 is 27.5 Å². The maximum Gasteiger partial charge on any atom is 0.325 e. The van der Waals surface area contributed by atoms with E-state index in [4.69, 9.17) is 10.4 Å². The molecule has 3 heterocycles. The van der Waals surface area contributed by atoms with Crippen molar-refractivity contribution in [3.05, 3.63) is 28.5 Å². The number of nitriles is 1. The number of aliphatic carboxylic acids is 1. The molecule has 1 fully saturated rings. The molecule has 4 rings (SSSR count). The van der Waals surface area contributed by atoms with Gasteiger partial charge in [-0.3, -0.25) is 9.48 Å². The SMILES string of the molecule is N#Cc1nn(CC(=O)O)c2cc(Cn3cc(C4CC4)nn3)sc12. The summed E-state index contributed by atoms with van der Waals surface area (Å²) < 4.78 is 3.85. The van der Waals surface area contributed by atoms with Crippen molar-refractivity contribution in [2.24, 2.45) is 0 Å². The van der Waals surface area contributed by atoms with Crippen LogP contribution < -0.4 is 0 Å². The smallest absolute Gasteiger partial charge is 0.325 e. The summed E-state index contributed by atoms with van der Waals surface area (Å²) in [6.45, 7) is 0.292. The largest absolute Gasteiger partial charge is 0.480 e. The Hall–Kier alpha value is -2.73. The van der Waals surface area contributed by atoms with Crippen molar-refractivity contribution in [2.45, 2.75) is 31.8 Å². The van der Waals surface area contributed by atoms with E-state index in [9.17, 15) is 4.79 Å². The van der Waals surface area contributed by atoms with Crippen LogP contribution in [0.25, 0.3) is 10.2 Å². The molecule has 0 unspecified atom stereocenters. The summed E-state index contributed by atoms with van der Waals surface area (Å²) in [7, 11) is 0. The number of hydrogen-bond donors (Lipinski definition) is 1. The second-order valence-corrected chi connectivity index (χ2v) is 6.69. The molecular weight excluding hydrogens is 316 g/mol. The quantitative estimate of drug-likeness (QED) is 0.761. The number of carbonyl (C=O) groups is 1. The topological polar surface area (TPSA) is 110 Å². The van der Waals surface area contributed by atoms with Crippen LogP contribution in [-0.4, -0.2) is 35.9 Å². The molecule has 9 heteroatoms. The molecule has 0 bridgehead atoms. The second kappa shape index (κ2) is 5.17. The second-order valence-electron chi connectivity index (χ2n) is 5.55. The van der Waals surface area contributed by atoms with Crippen molar-refractivity contribution in [1.29, 1.82) is 5.26 Å². The molecule has 0 spiro atoms. The van der Waals surface area contributed by atoms with E-state index in [1.807, 2.05) is 18.3 Å². The number of rotatable bonds is 5. The highest BCUT2D eigenvalue weighted by Crippen LogP contribution is 2.38. The first-order valence-electron chi connectivity index (χ1n) is 7.15. The average Bonchev–Trinajstić information content (AvgIpc) is 2.98. The first kappa shape index (κ1) is 13.9. The van der Waals surface area contributed by atoms with E-state index in [1.165, 1.54) is 28.9 Å². The number of thiophene rings is 1. The fraction of sp³-hybridized carbons (Fsp3) is 0.357. The molecule has 0 atom stereocenters. The van der Waals surface area contributed by atoms with Crippen molar-refractivity contribution in [3.63, 3.8) is 0 Å². The van der Waals surface area contributed by atoms with Gasteiger partial charge in [-0.05, 0) is 18.9 Å². The summed E-state index contributed by atoms with van der Waals surface area (Å²) in [6.07, 6.45) is 4.31. The average molecular weight is 328 g/mol. The van der Waals surface area contributed by atoms with Crippen LogP contribution in [0.2, 0.25) is 0 Å². The van der Waals surface area contributed by atoms with Crippen LogP contribution in [0.5, 0.6) is 0 Å². The molecule has 23 heavy (non-hydrogen) atoms. The highest BCUT2D eigenvalue weighted by atomic mass is 32.1. The van der Waals surface area contributed by atoms with Crippen LogP contribution in [-0.2, 0) is 17.9 Å². The summed E-state index contributed by atoms with van der Waals surface area (Å²) >= 11 is 1.44. The van der Waals surface area contributed by atoms with Gasteiger partial charge in [0.25, 0.3) is 0 Å². The van der Waals surface area contributed by atoms with E-state index in [1.54, 1.807) is 4.68 Å². The lowest BCUT2D eigenvalue weighted by Crippen LogP contribution is -2.10. The van der Waals surface area contributed by atoms with E-state index >= 15 is 0 Å². The van der Waals surface area contributed by atoms with E-state index < -0.39 is 5.97 Å². The van der Waals surface area contributed by atoms with Gasteiger partial charge in [0.2, 0.25) is 0 Å². The van der Waals surface area contributed by atoms with Gasteiger partial charge in [0, 0.05) is 17.0 Å². The third-order valence-corrected chi connectivity index (χ3v) is 4.85. The summed E-state index contributed by atoms with van der Waals surface area (Å²) in [5.74, 6) is -0.433. The zero-order valence-corrected chi connectivity index (χ0v) is 12.8. The highest BCUT2D eigenvalue weighted by molar-refractivity contribution is 7.19. The minimum Gasteiger partial charge on any atom is -0.480 e. The van der Waals surface area contributed by atoms with Crippen molar-refractivity contribution in [1.82, 2.24) is 24.8 Å². The zero-order valence-electron chi connectivity index (χ0n) is 12.0. The molecule has 0 amide bonds. The van der Waals surface area contributed by atoms with Crippen LogP contribution in [0.3, 0.4) is 0 Å². The Morgan fingerprint density at radius 2 is 2.35 bits per heavy atom. The molecule has 8 nitrogen and oxygen atoms in total. The number of fused-ring (bicyclic) bond motifs is 1. The molecule has 0 aliphatic heterocycles. The summed E-state index contributed by atoms with van der Waals surface area (Å²) in [4.78, 5) is 11.9. The summed E-state index contributed by atoms with van der Waals surface area (Å²) in [5, 5.41) is 30.5. The maximum absolute atomic E-state index is 10.9. The number of nitrogens with zero attached hydrogens (tertiary/aromatic N) is 6. The molecule has 1 N–H and O–H groups in total. The van der Waals surface area contributed by atoms with Gasteiger partial charge in [-0.1, -0.05) is 5.21 Å². The monoisotopic (exact) mass is 328 g/mol. The molecule has 1 aliphatic rings. The molecule has 3 aromatic heterocycles. The Balaban J connectivity index is 1.65. The van der Waals surface area contributed by atoms with Crippen LogP contribution in [0, 0.1) is 11.3 Å². The molecule has 3 aromatic rings. The number of hydrogen-bond acceptors (Lipinski definition) is 6. The Morgan fingerprint density at radius 1 is 1.52 bits per heavy atom. The van der Waals surface area contributed by atoms with Crippen molar-refractivity contribution in [3.8, 4) is 6.07 Å². The number of carboxylic acids is 1. The van der Waals surface area contributed by atoms with E-state index in [0.29, 0.717) is 22.7 Å². The predicted octanol–water partition coefficient (Wildman–Crippen LogP) is 1.57. The first-order valence-corrected chi connectivity index (χ1v) is 7.97. The fourth-order valence-electron chi connectivity index (χ4n) is 2.53. The van der Waals surface area contributed by atoms with Crippen molar-refractivity contribution in [2.75, 3.05) is 0 Å². The normalized spacial score (nSPS) is 14.2. The maximum atomic E-state index is 10.9. The van der Waals surface area contributed by atoms with Crippen LogP contribution in [0.15, 0.2) is 12.3 Å². The minimum absolute atomic E-state index is 0.259. The van der Waals surface area contributed by atoms with Gasteiger partial charge in [-0.25, -0.2) is 4.68 Å². The molecule has 0 aromatic carbocycles. The number of aromatic nitrogens is 5. The van der Waals surface area contributed by atoms with E-state index in [2.05, 4.69) is 15.4 Å². The van der Waals surface area contributed by atoms with Gasteiger partial charge in [-0.2, -0.15) is 10.4 Å². The lowest BCUT2D eigenvalue weighted by atomic mass is 10.3. The summed E-state index contributed by atoms with van der Waals surface area (Å²) in [6, 6.07) is 3.89. The van der Waals surface area contributed by atoms with Crippen LogP contribution in [0.1, 0.15) is 35.0 Å². The summed E-state index contributed by atoms with van der Waals surface area (Å²) in [5.41, 5.74) is 1.96. The Labute approximate surface area is 134 Å². The lowest BCUT2D eigenvalue weighted by molar-refractivity contribution is -0.137. The highest BCUT2D eigenvalue weighted by Gasteiger charge is 2.26. The molecule has 1 saturated carbocycles. The Morgan fingerprint density at radius 3 is 3.04 bits per heavy atom. The van der Waals surface area contributed by atoms with Gasteiger partial charge >= 0.3 is 5.97 Å². The van der Waals surface area contributed by atoms with Gasteiger partial charge in [0.05, 0.1) is 22.5 Å².